The molecule has 1 aromatic carbocycles. The fraction of sp³-hybridized carbons (Fsp3) is 0.562. The van der Waals surface area contributed by atoms with E-state index in [1.54, 1.807) is 0 Å². The van der Waals surface area contributed by atoms with Gasteiger partial charge in [-0.3, -0.25) is 4.90 Å². The van der Waals surface area contributed by atoms with Crippen LogP contribution in [0.2, 0.25) is 0 Å². The summed E-state index contributed by atoms with van der Waals surface area (Å²) in [5.74, 6) is 0.529. The van der Waals surface area contributed by atoms with Crippen LogP contribution in [0.25, 0.3) is 0 Å². The standard InChI is InChI=1S/C16H28N4/c1-4-10-18-16(17)19-12-14-8-7-9-15(11-14)13-20(5-2)6-3/h7-9,11H,4-6,10,12-13H2,1-3H3,(H3,17,18,19). The minimum Gasteiger partial charge on any atom is -0.370 e. The zero-order chi connectivity index (χ0) is 14.8. The number of aliphatic imine (C=N–C) groups is 1. The van der Waals surface area contributed by atoms with E-state index in [0.717, 1.165) is 32.6 Å². The molecule has 0 radical (unpaired) electrons. The first-order chi connectivity index (χ1) is 9.69. The van der Waals surface area contributed by atoms with Crippen LogP contribution < -0.4 is 11.1 Å². The molecule has 112 valence electrons. The number of nitrogens with zero attached hydrogens (tertiary/aromatic N) is 2. The predicted molar refractivity (Wildman–Crippen MR) is 86.7 cm³/mol. The zero-order valence-electron chi connectivity index (χ0n) is 13.0. The molecule has 0 aliphatic carbocycles. The van der Waals surface area contributed by atoms with Gasteiger partial charge in [-0.2, -0.15) is 0 Å². The minimum absolute atomic E-state index is 0.529. The van der Waals surface area contributed by atoms with Crippen molar-refractivity contribution >= 4 is 5.96 Å². The highest BCUT2D eigenvalue weighted by atomic mass is 15.1. The molecule has 0 aromatic heterocycles. The molecule has 0 unspecified atom stereocenters. The number of hydrogen-bond acceptors (Lipinski definition) is 2. The second-order valence-corrected chi connectivity index (χ2v) is 4.91. The lowest BCUT2D eigenvalue weighted by atomic mass is 10.1. The van der Waals surface area contributed by atoms with Crippen molar-refractivity contribution in [1.82, 2.24) is 10.2 Å². The van der Waals surface area contributed by atoms with E-state index >= 15 is 0 Å². The van der Waals surface area contributed by atoms with E-state index in [0.29, 0.717) is 12.5 Å². The highest BCUT2D eigenvalue weighted by Gasteiger charge is 2.02. The number of benzene rings is 1. The van der Waals surface area contributed by atoms with Gasteiger partial charge >= 0.3 is 0 Å². The maximum atomic E-state index is 5.80. The van der Waals surface area contributed by atoms with Crippen molar-refractivity contribution in [2.75, 3.05) is 19.6 Å². The average Bonchev–Trinajstić information content (AvgIpc) is 2.49. The van der Waals surface area contributed by atoms with Crippen LogP contribution in [0, 0.1) is 0 Å². The van der Waals surface area contributed by atoms with E-state index in [1.807, 2.05) is 0 Å². The maximum absolute atomic E-state index is 5.80. The minimum atomic E-state index is 0.529. The van der Waals surface area contributed by atoms with Crippen molar-refractivity contribution < 1.29 is 0 Å². The molecular formula is C16H28N4. The van der Waals surface area contributed by atoms with Gasteiger partial charge in [0.25, 0.3) is 0 Å². The first-order valence-corrected chi connectivity index (χ1v) is 7.53. The number of nitrogens with one attached hydrogen (secondary N) is 1. The van der Waals surface area contributed by atoms with Crippen LogP contribution in [0.4, 0.5) is 0 Å². The molecule has 0 aliphatic rings. The number of hydrogen-bond donors (Lipinski definition) is 2. The van der Waals surface area contributed by atoms with Crippen molar-refractivity contribution in [1.29, 1.82) is 0 Å². The Morgan fingerprint density at radius 2 is 1.90 bits per heavy atom. The molecule has 0 spiro atoms. The molecule has 4 heteroatoms. The van der Waals surface area contributed by atoms with Gasteiger partial charge in [0, 0.05) is 13.1 Å². The zero-order valence-corrected chi connectivity index (χ0v) is 13.0. The summed E-state index contributed by atoms with van der Waals surface area (Å²) < 4.78 is 0. The van der Waals surface area contributed by atoms with Gasteiger partial charge in [0.2, 0.25) is 0 Å². The van der Waals surface area contributed by atoms with Crippen LogP contribution in [0.15, 0.2) is 29.3 Å². The molecular weight excluding hydrogens is 248 g/mol. The molecule has 0 bridgehead atoms. The summed E-state index contributed by atoms with van der Waals surface area (Å²) in [6.45, 7) is 11.1. The Kier molecular flexibility index (Phi) is 7.73. The number of guanidine groups is 1. The maximum Gasteiger partial charge on any atom is 0.188 e. The fourth-order valence-electron chi connectivity index (χ4n) is 2.02. The van der Waals surface area contributed by atoms with Crippen molar-refractivity contribution in [3.63, 3.8) is 0 Å². The third kappa shape index (κ3) is 6.06. The van der Waals surface area contributed by atoms with E-state index in [1.165, 1.54) is 11.1 Å². The largest absolute Gasteiger partial charge is 0.370 e. The SMILES string of the molecule is CCCNC(N)=NCc1cccc(CN(CC)CC)c1. The normalized spacial score (nSPS) is 11.9. The number of nitrogens with two attached hydrogens (primary N) is 1. The van der Waals surface area contributed by atoms with Crippen molar-refractivity contribution in [2.24, 2.45) is 10.7 Å². The smallest absolute Gasteiger partial charge is 0.188 e. The molecule has 20 heavy (non-hydrogen) atoms. The lowest BCUT2D eigenvalue weighted by Gasteiger charge is -2.18. The van der Waals surface area contributed by atoms with Gasteiger partial charge in [-0.15, -0.1) is 0 Å². The Hall–Kier alpha value is -1.55. The van der Waals surface area contributed by atoms with E-state index in [4.69, 9.17) is 5.73 Å². The number of rotatable bonds is 8. The molecule has 0 atom stereocenters. The van der Waals surface area contributed by atoms with E-state index in [-0.39, 0.29) is 0 Å². The second kappa shape index (κ2) is 9.37. The van der Waals surface area contributed by atoms with Crippen LogP contribution in [0.5, 0.6) is 0 Å². The lowest BCUT2D eigenvalue weighted by Crippen LogP contribution is -2.32. The van der Waals surface area contributed by atoms with Gasteiger partial charge in [0.1, 0.15) is 0 Å². The predicted octanol–water partition coefficient (Wildman–Crippen LogP) is 2.34. The highest BCUT2D eigenvalue weighted by molar-refractivity contribution is 5.77. The van der Waals surface area contributed by atoms with Crippen molar-refractivity contribution in [3.8, 4) is 0 Å². The highest BCUT2D eigenvalue weighted by Crippen LogP contribution is 2.09. The topological polar surface area (TPSA) is 53.6 Å². The third-order valence-electron chi connectivity index (χ3n) is 3.28. The van der Waals surface area contributed by atoms with Gasteiger partial charge in [0.05, 0.1) is 6.54 Å². The summed E-state index contributed by atoms with van der Waals surface area (Å²) >= 11 is 0. The summed E-state index contributed by atoms with van der Waals surface area (Å²) in [5, 5.41) is 3.09. The molecule has 0 fully saturated rings. The van der Waals surface area contributed by atoms with Crippen molar-refractivity contribution in [3.05, 3.63) is 35.4 Å². The second-order valence-electron chi connectivity index (χ2n) is 4.91. The van der Waals surface area contributed by atoms with Gasteiger partial charge in [0.15, 0.2) is 5.96 Å². The van der Waals surface area contributed by atoms with E-state index < -0.39 is 0 Å². The molecule has 1 aromatic rings. The average molecular weight is 276 g/mol. The van der Waals surface area contributed by atoms with Crippen LogP contribution in [-0.4, -0.2) is 30.5 Å². The summed E-state index contributed by atoms with van der Waals surface area (Å²) in [7, 11) is 0. The Morgan fingerprint density at radius 3 is 2.55 bits per heavy atom. The van der Waals surface area contributed by atoms with Gasteiger partial charge < -0.3 is 11.1 Å². The van der Waals surface area contributed by atoms with Gasteiger partial charge in [-0.1, -0.05) is 45.0 Å². The molecule has 0 saturated heterocycles. The lowest BCUT2D eigenvalue weighted by molar-refractivity contribution is 0.296. The summed E-state index contributed by atoms with van der Waals surface area (Å²) in [6.07, 6.45) is 1.05. The monoisotopic (exact) mass is 276 g/mol. The quantitative estimate of drug-likeness (QED) is 0.566. The van der Waals surface area contributed by atoms with Crippen LogP contribution in [0.3, 0.4) is 0 Å². The summed E-state index contributed by atoms with van der Waals surface area (Å²) in [4.78, 5) is 6.76. The van der Waals surface area contributed by atoms with Crippen LogP contribution >= 0.6 is 0 Å². The molecule has 0 heterocycles. The molecule has 3 N–H and O–H groups in total. The first kappa shape index (κ1) is 16.5. The van der Waals surface area contributed by atoms with Gasteiger partial charge in [-0.05, 0) is 30.6 Å². The van der Waals surface area contributed by atoms with E-state index in [2.05, 4.69) is 60.2 Å². The van der Waals surface area contributed by atoms with Crippen LogP contribution in [-0.2, 0) is 13.1 Å². The van der Waals surface area contributed by atoms with Crippen molar-refractivity contribution in [2.45, 2.75) is 40.3 Å². The third-order valence-corrected chi connectivity index (χ3v) is 3.28. The fourth-order valence-corrected chi connectivity index (χ4v) is 2.02. The molecule has 0 aliphatic heterocycles. The Balaban J connectivity index is 2.59. The summed E-state index contributed by atoms with van der Waals surface area (Å²) in [5.41, 5.74) is 8.34. The van der Waals surface area contributed by atoms with Crippen LogP contribution in [0.1, 0.15) is 38.3 Å². The van der Waals surface area contributed by atoms with E-state index in [9.17, 15) is 0 Å². The Labute approximate surface area is 123 Å². The Morgan fingerprint density at radius 1 is 1.20 bits per heavy atom. The molecule has 4 nitrogen and oxygen atoms in total. The molecule has 0 amide bonds. The first-order valence-electron chi connectivity index (χ1n) is 7.53. The summed E-state index contributed by atoms with van der Waals surface area (Å²) in [6, 6.07) is 8.58. The van der Waals surface area contributed by atoms with Gasteiger partial charge in [-0.25, -0.2) is 4.99 Å². The molecule has 0 saturated carbocycles. The molecule has 1 rings (SSSR count). The Bertz CT molecular complexity index is 411.